The van der Waals surface area contributed by atoms with E-state index in [9.17, 15) is 9.59 Å². The lowest BCUT2D eigenvalue weighted by Gasteiger charge is -2.27. The molecule has 2 heterocycles. The maximum atomic E-state index is 15.9. The number of aromatic nitrogens is 1. The number of carboxylic acid groups (broad SMARTS) is 1. The van der Waals surface area contributed by atoms with Crippen molar-refractivity contribution >= 4 is 28.4 Å². The zero-order chi connectivity index (χ0) is 22.1. The van der Waals surface area contributed by atoms with Gasteiger partial charge in [-0.2, -0.15) is 0 Å². The number of anilines is 2. The molecule has 5 rings (SSSR count). The number of nitrogens with zero attached hydrogens (tertiary/aromatic N) is 2. The molecule has 0 amide bonds. The van der Waals surface area contributed by atoms with Gasteiger partial charge >= 0.3 is 6.16 Å². The fourth-order valence-corrected chi connectivity index (χ4v) is 4.55. The van der Waals surface area contributed by atoms with Crippen LogP contribution in [0.25, 0.3) is 10.9 Å². The minimum atomic E-state index is -1.70. The van der Waals surface area contributed by atoms with E-state index in [1.807, 2.05) is 18.2 Å². The van der Waals surface area contributed by atoms with E-state index >= 15 is 8.78 Å². The number of benzene rings is 1. The summed E-state index contributed by atoms with van der Waals surface area (Å²) in [6.07, 6.45) is 8.20. The molecular formula is C21H20F2N4O4. The standard InChI is InChI=1S/C21H20F2N4O4/c22-14-16(24)13-17(27(11-4-5-11)8-12(19(13)28)31-20(29)30)15(23)18(14)26-7-10-3-1-2-6-21(10,25)9-26/h1-3,6,8,10-11H,4-5,7,9,24-25H2,(H,29,30). The number of allylic oxidation sites excluding steroid dienone is 2. The van der Waals surface area contributed by atoms with Crippen LogP contribution in [-0.4, -0.2) is 34.5 Å². The van der Waals surface area contributed by atoms with Crippen LogP contribution in [-0.2, 0) is 0 Å². The van der Waals surface area contributed by atoms with Crippen LogP contribution in [0.2, 0.25) is 0 Å². The van der Waals surface area contributed by atoms with Gasteiger partial charge in [-0.1, -0.05) is 24.3 Å². The van der Waals surface area contributed by atoms with E-state index in [2.05, 4.69) is 4.74 Å². The smallest absolute Gasteiger partial charge is 0.449 e. The number of nitrogen functional groups attached to an aromatic ring is 1. The van der Waals surface area contributed by atoms with Crippen molar-refractivity contribution < 1.29 is 23.4 Å². The average molecular weight is 430 g/mol. The lowest BCUT2D eigenvalue weighted by Crippen LogP contribution is -2.46. The van der Waals surface area contributed by atoms with Crippen molar-refractivity contribution in [1.29, 1.82) is 0 Å². The van der Waals surface area contributed by atoms with Gasteiger partial charge in [-0.05, 0) is 12.8 Å². The predicted octanol–water partition coefficient (Wildman–Crippen LogP) is 2.51. The van der Waals surface area contributed by atoms with E-state index in [1.54, 1.807) is 6.08 Å². The first-order valence-corrected chi connectivity index (χ1v) is 9.87. The topological polar surface area (TPSA) is 124 Å². The number of hydrogen-bond acceptors (Lipinski definition) is 6. The van der Waals surface area contributed by atoms with Crippen molar-refractivity contribution in [3.63, 3.8) is 0 Å². The van der Waals surface area contributed by atoms with Crippen molar-refractivity contribution in [2.24, 2.45) is 11.7 Å². The van der Waals surface area contributed by atoms with Gasteiger partial charge in [0.05, 0.1) is 28.3 Å². The maximum Gasteiger partial charge on any atom is 0.511 e. The Morgan fingerprint density at radius 1 is 1.26 bits per heavy atom. The minimum absolute atomic E-state index is 0.134. The molecule has 2 fully saturated rings. The predicted molar refractivity (Wildman–Crippen MR) is 110 cm³/mol. The second-order valence-corrected chi connectivity index (χ2v) is 8.29. The van der Waals surface area contributed by atoms with E-state index in [4.69, 9.17) is 16.6 Å². The fraction of sp³-hybridized carbons (Fsp3) is 0.333. The molecule has 2 unspecified atom stereocenters. The van der Waals surface area contributed by atoms with Gasteiger partial charge in [-0.15, -0.1) is 0 Å². The van der Waals surface area contributed by atoms with Crippen molar-refractivity contribution in [3.8, 4) is 5.75 Å². The zero-order valence-corrected chi connectivity index (χ0v) is 16.3. The summed E-state index contributed by atoms with van der Waals surface area (Å²) in [5, 5.41) is 8.49. The van der Waals surface area contributed by atoms with Crippen LogP contribution < -0.4 is 26.5 Å². The van der Waals surface area contributed by atoms with Crippen molar-refractivity contribution in [1.82, 2.24) is 4.57 Å². The lowest BCUT2D eigenvalue weighted by atomic mass is 9.85. The quantitative estimate of drug-likeness (QED) is 0.505. The first kappa shape index (κ1) is 19.6. The molecule has 0 bridgehead atoms. The highest BCUT2D eigenvalue weighted by Crippen LogP contribution is 2.44. The van der Waals surface area contributed by atoms with Gasteiger partial charge < -0.3 is 30.8 Å². The monoisotopic (exact) mass is 430 g/mol. The molecule has 2 aliphatic carbocycles. The molecule has 10 heteroatoms. The minimum Gasteiger partial charge on any atom is -0.449 e. The summed E-state index contributed by atoms with van der Waals surface area (Å²) in [5.74, 6) is -2.69. The number of ether oxygens (including phenoxy) is 1. The number of halogens is 2. The van der Waals surface area contributed by atoms with E-state index in [0.29, 0.717) is 12.8 Å². The Balaban J connectivity index is 1.75. The molecule has 8 nitrogen and oxygen atoms in total. The van der Waals surface area contributed by atoms with Crippen molar-refractivity contribution in [3.05, 3.63) is 52.4 Å². The molecule has 1 aromatic heterocycles. The highest BCUT2D eigenvalue weighted by molar-refractivity contribution is 5.96. The molecule has 31 heavy (non-hydrogen) atoms. The molecule has 1 aliphatic heterocycles. The van der Waals surface area contributed by atoms with Crippen molar-refractivity contribution in [2.75, 3.05) is 23.7 Å². The Morgan fingerprint density at radius 2 is 2.00 bits per heavy atom. The summed E-state index contributed by atoms with van der Waals surface area (Å²) in [5.41, 5.74) is 9.62. The summed E-state index contributed by atoms with van der Waals surface area (Å²) in [7, 11) is 0. The van der Waals surface area contributed by atoms with Crippen LogP contribution in [0, 0.1) is 17.6 Å². The number of carbonyl (C=O) groups is 1. The second-order valence-electron chi connectivity index (χ2n) is 8.29. The Morgan fingerprint density at radius 3 is 2.65 bits per heavy atom. The molecule has 3 aliphatic rings. The summed E-state index contributed by atoms with van der Waals surface area (Å²) in [4.78, 5) is 25.3. The summed E-state index contributed by atoms with van der Waals surface area (Å²) >= 11 is 0. The number of fused-ring (bicyclic) bond motifs is 2. The van der Waals surface area contributed by atoms with E-state index < -0.39 is 45.6 Å². The summed E-state index contributed by atoms with van der Waals surface area (Å²) in [6.45, 7) is 0.454. The van der Waals surface area contributed by atoms with E-state index in [0.717, 1.165) is 6.20 Å². The molecule has 1 saturated heterocycles. The van der Waals surface area contributed by atoms with Gasteiger partial charge in [0.2, 0.25) is 5.43 Å². The van der Waals surface area contributed by atoms with Crippen LogP contribution in [0.1, 0.15) is 18.9 Å². The number of nitrogens with two attached hydrogens (primary N) is 2. The fourth-order valence-electron chi connectivity index (χ4n) is 4.55. The second kappa shape index (κ2) is 6.55. The third kappa shape index (κ3) is 2.89. The Labute approximate surface area is 175 Å². The van der Waals surface area contributed by atoms with Gasteiger partial charge in [-0.3, -0.25) is 4.79 Å². The molecular weight excluding hydrogens is 410 g/mol. The van der Waals surface area contributed by atoms with Gasteiger partial charge in [0, 0.05) is 25.0 Å². The summed E-state index contributed by atoms with van der Waals surface area (Å²) in [6, 6.07) is -0.167. The molecule has 1 aromatic carbocycles. The molecule has 0 radical (unpaired) electrons. The average Bonchev–Trinajstić information content (AvgIpc) is 3.48. The van der Waals surface area contributed by atoms with Crippen LogP contribution >= 0.6 is 0 Å². The van der Waals surface area contributed by atoms with E-state index in [1.165, 1.54) is 9.47 Å². The largest absolute Gasteiger partial charge is 0.511 e. The molecule has 5 N–H and O–H groups in total. The number of hydrogen-bond donors (Lipinski definition) is 3. The van der Waals surface area contributed by atoms with Gasteiger partial charge in [0.15, 0.2) is 17.4 Å². The van der Waals surface area contributed by atoms with Crippen LogP contribution in [0.3, 0.4) is 0 Å². The first-order chi connectivity index (χ1) is 14.7. The van der Waals surface area contributed by atoms with Crippen LogP contribution in [0.15, 0.2) is 35.3 Å². The van der Waals surface area contributed by atoms with Gasteiger partial charge in [0.25, 0.3) is 0 Å². The zero-order valence-electron chi connectivity index (χ0n) is 16.3. The number of pyridine rings is 1. The highest BCUT2D eigenvalue weighted by Gasteiger charge is 2.44. The van der Waals surface area contributed by atoms with Crippen LogP contribution in [0.5, 0.6) is 5.75 Å². The van der Waals surface area contributed by atoms with Crippen molar-refractivity contribution in [2.45, 2.75) is 24.4 Å². The van der Waals surface area contributed by atoms with Gasteiger partial charge in [-0.25, -0.2) is 13.6 Å². The maximum absolute atomic E-state index is 15.9. The Bertz CT molecular complexity index is 1250. The third-order valence-electron chi connectivity index (χ3n) is 6.22. The van der Waals surface area contributed by atoms with Gasteiger partial charge in [0.1, 0.15) is 5.69 Å². The third-order valence-corrected chi connectivity index (χ3v) is 6.22. The molecule has 2 aromatic rings. The molecule has 1 saturated carbocycles. The summed E-state index contributed by atoms with van der Waals surface area (Å²) < 4.78 is 37.2. The normalized spacial score (nSPS) is 24.6. The van der Waals surface area contributed by atoms with E-state index in [-0.39, 0.29) is 36.3 Å². The number of rotatable bonds is 3. The molecule has 162 valence electrons. The molecule has 0 spiro atoms. The SMILES string of the molecule is Nc1c(F)c(N2CC3C=CC=CC3(N)C2)c(F)c2c1c(=O)c(OC(=O)O)cn2C1CC1. The Kier molecular flexibility index (Phi) is 4.13. The van der Waals surface area contributed by atoms with Crippen LogP contribution in [0.4, 0.5) is 25.0 Å². The first-order valence-electron chi connectivity index (χ1n) is 9.87. The Hall–Kier alpha value is -3.40. The lowest BCUT2D eigenvalue weighted by molar-refractivity contribution is 0.143. The molecule has 2 atom stereocenters. The highest BCUT2D eigenvalue weighted by atomic mass is 19.1.